The third-order valence-electron chi connectivity index (χ3n) is 3.82. The molecule has 1 saturated heterocycles. The molecule has 0 aliphatic carbocycles. The van der Waals surface area contributed by atoms with Crippen molar-refractivity contribution in [2.24, 2.45) is 0 Å². The monoisotopic (exact) mass is 279 g/mol. The number of nitrogens with zero attached hydrogens (tertiary/aromatic N) is 1. The molecule has 3 nitrogen and oxygen atoms in total. The van der Waals surface area contributed by atoms with E-state index in [1.54, 1.807) is 11.0 Å². The summed E-state index contributed by atoms with van der Waals surface area (Å²) in [6, 6.07) is 4.84. The van der Waals surface area contributed by atoms with Crippen molar-refractivity contribution >= 4 is 5.91 Å². The number of amides is 1. The fraction of sp³-hybridized carbons (Fsp3) is 0.562. The summed E-state index contributed by atoms with van der Waals surface area (Å²) in [7, 11) is 0. The Labute approximate surface area is 119 Å². The van der Waals surface area contributed by atoms with E-state index < -0.39 is 5.82 Å². The SMILES string of the molecule is CC(C)(C)c1ccc(C(=O)N2CCC(O)CC2)c(F)c1. The van der Waals surface area contributed by atoms with E-state index in [1.807, 2.05) is 26.8 Å². The van der Waals surface area contributed by atoms with E-state index >= 15 is 0 Å². The number of aliphatic hydroxyl groups is 1. The first kappa shape index (κ1) is 15.0. The van der Waals surface area contributed by atoms with Gasteiger partial charge in [-0.05, 0) is 36.0 Å². The van der Waals surface area contributed by atoms with Gasteiger partial charge in [-0.2, -0.15) is 0 Å². The summed E-state index contributed by atoms with van der Waals surface area (Å²) in [5.41, 5.74) is 0.854. The number of halogens is 1. The molecule has 0 spiro atoms. The van der Waals surface area contributed by atoms with Gasteiger partial charge in [-0.25, -0.2) is 4.39 Å². The van der Waals surface area contributed by atoms with Crippen LogP contribution < -0.4 is 0 Å². The number of aliphatic hydroxyl groups excluding tert-OH is 1. The summed E-state index contributed by atoms with van der Waals surface area (Å²) in [6.45, 7) is 7.00. The standard InChI is InChI=1S/C16H22FNO2/c1-16(2,3)11-4-5-13(14(17)10-11)15(20)18-8-6-12(19)7-9-18/h4-5,10,12,19H,6-9H2,1-3H3. The molecule has 0 saturated carbocycles. The molecule has 0 aromatic heterocycles. The van der Waals surface area contributed by atoms with E-state index in [9.17, 15) is 14.3 Å². The van der Waals surface area contributed by atoms with Gasteiger partial charge >= 0.3 is 0 Å². The number of likely N-dealkylation sites (tertiary alicyclic amines) is 1. The molecule has 110 valence electrons. The molecule has 1 aliphatic rings. The average Bonchev–Trinajstić information content (AvgIpc) is 2.37. The number of rotatable bonds is 1. The number of hydrogen-bond donors (Lipinski definition) is 1. The van der Waals surface area contributed by atoms with Crippen LogP contribution >= 0.6 is 0 Å². The van der Waals surface area contributed by atoms with Gasteiger partial charge in [0.2, 0.25) is 0 Å². The molecular formula is C16H22FNO2. The predicted octanol–water partition coefficient (Wildman–Crippen LogP) is 2.72. The predicted molar refractivity (Wildman–Crippen MR) is 76.2 cm³/mol. The van der Waals surface area contributed by atoms with E-state index in [-0.39, 0.29) is 23.0 Å². The first-order valence-electron chi connectivity index (χ1n) is 7.06. The summed E-state index contributed by atoms with van der Waals surface area (Å²) in [6.07, 6.45) is 0.785. The number of benzene rings is 1. The Hall–Kier alpha value is -1.42. The summed E-state index contributed by atoms with van der Waals surface area (Å²) in [4.78, 5) is 13.9. The lowest BCUT2D eigenvalue weighted by atomic mass is 9.86. The number of carbonyl (C=O) groups excluding carboxylic acids is 1. The van der Waals surface area contributed by atoms with Crippen molar-refractivity contribution in [1.29, 1.82) is 0 Å². The minimum Gasteiger partial charge on any atom is -0.393 e. The maximum absolute atomic E-state index is 14.2. The van der Waals surface area contributed by atoms with Crippen molar-refractivity contribution < 1.29 is 14.3 Å². The van der Waals surface area contributed by atoms with Crippen LogP contribution in [0.1, 0.15) is 49.5 Å². The quantitative estimate of drug-likeness (QED) is 0.858. The van der Waals surface area contributed by atoms with Crippen LogP contribution in [0.25, 0.3) is 0 Å². The fourth-order valence-corrected chi connectivity index (χ4v) is 2.39. The molecule has 1 aromatic rings. The Kier molecular flexibility index (Phi) is 4.14. The fourth-order valence-electron chi connectivity index (χ4n) is 2.39. The molecule has 1 heterocycles. The highest BCUT2D eigenvalue weighted by Gasteiger charge is 2.25. The normalized spacial score (nSPS) is 17.4. The van der Waals surface area contributed by atoms with Crippen LogP contribution in [0.5, 0.6) is 0 Å². The van der Waals surface area contributed by atoms with E-state index in [2.05, 4.69) is 0 Å². The second kappa shape index (κ2) is 5.52. The minimum absolute atomic E-state index is 0.120. The molecule has 4 heteroatoms. The molecule has 1 fully saturated rings. The van der Waals surface area contributed by atoms with Gasteiger partial charge in [-0.1, -0.05) is 26.8 Å². The lowest BCUT2D eigenvalue weighted by molar-refractivity contribution is 0.0542. The highest BCUT2D eigenvalue weighted by Crippen LogP contribution is 2.25. The number of carbonyl (C=O) groups is 1. The zero-order chi connectivity index (χ0) is 14.9. The van der Waals surface area contributed by atoms with Crippen LogP contribution in [-0.2, 0) is 5.41 Å². The number of piperidine rings is 1. The molecule has 0 radical (unpaired) electrons. The van der Waals surface area contributed by atoms with Crippen LogP contribution in [0.4, 0.5) is 4.39 Å². The Balaban J connectivity index is 2.19. The third-order valence-corrected chi connectivity index (χ3v) is 3.82. The maximum atomic E-state index is 14.2. The van der Waals surface area contributed by atoms with Gasteiger partial charge in [0, 0.05) is 13.1 Å². The Morgan fingerprint density at radius 3 is 2.40 bits per heavy atom. The molecule has 2 rings (SSSR count). The molecule has 1 aromatic carbocycles. The van der Waals surface area contributed by atoms with E-state index in [0.717, 1.165) is 5.56 Å². The Morgan fingerprint density at radius 2 is 1.90 bits per heavy atom. The topological polar surface area (TPSA) is 40.5 Å². The van der Waals surface area contributed by atoms with E-state index in [0.29, 0.717) is 25.9 Å². The summed E-state index contributed by atoms with van der Waals surface area (Å²) in [5, 5.41) is 9.45. The van der Waals surface area contributed by atoms with Gasteiger partial charge in [0.05, 0.1) is 11.7 Å². The first-order valence-corrected chi connectivity index (χ1v) is 7.06. The molecule has 0 atom stereocenters. The molecule has 0 unspecified atom stereocenters. The molecule has 0 bridgehead atoms. The van der Waals surface area contributed by atoms with Crippen LogP contribution in [-0.4, -0.2) is 35.1 Å². The average molecular weight is 279 g/mol. The van der Waals surface area contributed by atoms with Crippen LogP contribution in [0, 0.1) is 5.82 Å². The van der Waals surface area contributed by atoms with Crippen LogP contribution in [0.3, 0.4) is 0 Å². The lowest BCUT2D eigenvalue weighted by Gasteiger charge is -2.30. The zero-order valence-electron chi connectivity index (χ0n) is 12.3. The smallest absolute Gasteiger partial charge is 0.256 e. The highest BCUT2D eigenvalue weighted by molar-refractivity contribution is 5.94. The highest BCUT2D eigenvalue weighted by atomic mass is 19.1. The Morgan fingerprint density at radius 1 is 1.30 bits per heavy atom. The van der Waals surface area contributed by atoms with Gasteiger partial charge < -0.3 is 10.0 Å². The van der Waals surface area contributed by atoms with Gasteiger partial charge in [0.15, 0.2) is 0 Å². The van der Waals surface area contributed by atoms with Crippen LogP contribution in [0.2, 0.25) is 0 Å². The molecular weight excluding hydrogens is 257 g/mol. The largest absolute Gasteiger partial charge is 0.393 e. The zero-order valence-corrected chi connectivity index (χ0v) is 12.3. The van der Waals surface area contributed by atoms with Crippen molar-refractivity contribution in [3.8, 4) is 0 Å². The second-order valence-corrected chi connectivity index (χ2v) is 6.47. The van der Waals surface area contributed by atoms with Crippen molar-refractivity contribution in [3.05, 3.63) is 35.1 Å². The van der Waals surface area contributed by atoms with Gasteiger partial charge in [0.1, 0.15) is 5.82 Å². The second-order valence-electron chi connectivity index (χ2n) is 6.47. The van der Waals surface area contributed by atoms with Gasteiger partial charge in [-0.15, -0.1) is 0 Å². The molecule has 1 amide bonds. The summed E-state index contributed by atoms with van der Waals surface area (Å²) < 4.78 is 14.2. The molecule has 1 aliphatic heterocycles. The van der Waals surface area contributed by atoms with Gasteiger partial charge in [0.25, 0.3) is 5.91 Å². The van der Waals surface area contributed by atoms with Gasteiger partial charge in [-0.3, -0.25) is 4.79 Å². The van der Waals surface area contributed by atoms with E-state index in [1.165, 1.54) is 6.07 Å². The summed E-state index contributed by atoms with van der Waals surface area (Å²) in [5.74, 6) is -0.747. The first-order chi connectivity index (χ1) is 9.29. The number of hydrogen-bond acceptors (Lipinski definition) is 2. The van der Waals surface area contributed by atoms with Crippen molar-refractivity contribution in [2.75, 3.05) is 13.1 Å². The third kappa shape index (κ3) is 3.18. The summed E-state index contributed by atoms with van der Waals surface area (Å²) >= 11 is 0. The van der Waals surface area contributed by atoms with Crippen molar-refractivity contribution in [3.63, 3.8) is 0 Å². The molecule has 20 heavy (non-hydrogen) atoms. The lowest BCUT2D eigenvalue weighted by Crippen LogP contribution is -2.40. The Bertz CT molecular complexity index is 500. The molecule has 1 N–H and O–H groups in total. The van der Waals surface area contributed by atoms with Crippen molar-refractivity contribution in [2.45, 2.75) is 45.1 Å². The van der Waals surface area contributed by atoms with E-state index in [4.69, 9.17) is 0 Å². The maximum Gasteiger partial charge on any atom is 0.256 e. The van der Waals surface area contributed by atoms with Crippen molar-refractivity contribution in [1.82, 2.24) is 4.90 Å². The van der Waals surface area contributed by atoms with Crippen LogP contribution in [0.15, 0.2) is 18.2 Å². The minimum atomic E-state index is -0.464.